The predicted octanol–water partition coefficient (Wildman–Crippen LogP) is 5.01. The Balaban J connectivity index is 1.54. The molecule has 1 amide bonds. The van der Waals surface area contributed by atoms with Gasteiger partial charge in [-0.2, -0.15) is 5.26 Å². The largest absolute Gasteiger partial charge is 0.463 e. The van der Waals surface area contributed by atoms with E-state index < -0.39 is 0 Å². The van der Waals surface area contributed by atoms with E-state index in [9.17, 15) is 10.1 Å². The molecule has 0 spiro atoms. The number of nitrogens with zero attached hydrogens (tertiary/aromatic N) is 3. The third-order valence-corrected chi connectivity index (χ3v) is 4.84. The van der Waals surface area contributed by atoms with Crippen LogP contribution in [-0.4, -0.2) is 20.9 Å². The van der Waals surface area contributed by atoms with E-state index in [1.54, 1.807) is 48.9 Å². The molecule has 0 saturated carbocycles. The number of furan rings is 1. The van der Waals surface area contributed by atoms with Gasteiger partial charge in [-0.3, -0.25) is 10.1 Å². The Morgan fingerprint density at radius 3 is 2.81 bits per heavy atom. The highest BCUT2D eigenvalue weighted by atomic mass is 16.3. The van der Waals surface area contributed by atoms with Crippen LogP contribution in [0.5, 0.6) is 0 Å². The Labute approximate surface area is 177 Å². The number of carbonyl (C=O) groups excluding carboxylic acids is 1. The van der Waals surface area contributed by atoms with Gasteiger partial charge >= 0.3 is 0 Å². The Kier molecular flexibility index (Phi) is 4.50. The summed E-state index contributed by atoms with van der Waals surface area (Å²) in [5, 5.41) is 12.7. The summed E-state index contributed by atoms with van der Waals surface area (Å²) < 4.78 is 5.35. The summed E-state index contributed by atoms with van der Waals surface area (Å²) in [5.74, 6) is 0.615. The van der Waals surface area contributed by atoms with Crippen LogP contribution in [0.25, 0.3) is 33.6 Å². The van der Waals surface area contributed by atoms with Crippen molar-refractivity contribution >= 4 is 22.8 Å². The van der Waals surface area contributed by atoms with E-state index in [1.165, 1.54) is 0 Å². The molecule has 0 aliphatic carbocycles. The fourth-order valence-electron chi connectivity index (χ4n) is 3.38. The highest BCUT2D eigenvalue weighted by Crippen LogP contribution is 2.26. The molecule has 0 bridgehead atoms. The van der Waals surface area contributed by atoms with Crippen LogP contribution < -0.4 is 5.32 Å². The maximum Gasteiger partial charge on any atom is 0.258 e. The SMILES string of the molecule is N#Cc1cccc(-c2cc(C(=O)Nc3ncc(-c4ccco4)[nH]3)c3ccccc3n2)c1. The van der Waals surface area contributed by atoms with Crippen molar-refractivity contribution in [2.24, 2.45) is 0 Å². The van der Waals surface area contributed by atoms with Crippen molar-refractivity contribution in [2.75, 3.05) is 5.32 Å². The van der Waals surface area contributed by atoms with E-state index >= 15 is 0 Å². The molecule has 2 aromatic carbocycles. The van der Waals surface area contributed by atoms with Crippen molar-refractivity contribution in [1.29, 1.82) is 5.26 Å². The number of pyridine rings is 1. The minimum atomic E-state index is -0.323. The minimum Gasteiger partial charge on any atom is -0.463 e. The number of para-hydroxylation sites is 1. The molecular formula is C24H15N5O2. The number of aromatic nitrogens is 3. The van der Waals surface area contributed by atoms with E-state index in [4.69, 9.17) is 4.42 Å². The summed E-state index contributed by atoms with van der Waals surface area (Å²) in [4.78, 5) is 25.1. The zero-order chi connectivity index (χ0) is 21.2. The second-order valence-electron chi connectivity index (χ2n) is 6.84. The number of imidazole rings is 1. The lowest BCUT2D eigenvalue weighted by Crippen LogP contribution is -2.14. The third kappa shape index (κ3) is 3.54. The van der Waals surface area contributed by atoms with E-state index in [0.717, 1.165) is 10.9 Å². The zero-order valence-corrected chi connectivity index (χ0v) is 16.2. The van der Waals surface area contributed by atoms with Crippen LogP contribution in [-0.2, 0) is 0 Å². The van der Waals surface area contributed by atoms with Crippen molar-refractivity contribution in [3.8, 4) is 28.8 Å². The van der Waals surface area contributed by atoms with Crippen LogP contribution in [0.15, 0.2) is 83.6 Å². The number of amides is 1. The molecule has 5 aromatic rings. The van der Waals surface area contributed by atoms with Gasteiger partial charge in [-0.15, -0.1) is 0 Å². The molecule has 0 aliphatic rings. The van der Waals surface area contributed by atoms with Gasteiger partial charge in [-0.1, -0.05) is 30.3 Å². The first-order valence-corrected chi connectivity index (χ1v) is 9.52. The van der Waals surface area contributed by atoms with Gasteiger partial charge < -0.3 is 9.40 Å². The number of benzene rings is 2. The van der Waals surface area contributed by atoms with Gasteiger partial charge in [0, 0.05) is 10.9 Å². The maximum atomic E-state index is 13.2. The number of rotatable bonds is 4. The van der Waals surface area contributed by atoms with Crippen molar-refractivity contribution in [3.05, 3.63) is 90.3 Å². The molecular weight excluding hydrogens is 390 g/mol. The Morgan fingerprint density at radius 1 is 1.06 bits per heavy atom. The lowest BCUT2D eigenvalue weighted by atomic mass is 10.0. The van der Waals surface area contributed by atoms with Crippen molar-refractivity contribution in [1.82, 2.24) is 15.0 Å². The summed E-state index contributed by atoms with van der Waals surface area (Å²) in [6.07, 6.45) is 3.16. The molecule has 5 rings (SSSR count). The Bertz CT molecular complexity index is 1440. The topological polar surface area (TPSA) is 108 Å². The highest BCUT2D eigenvalue weighted by molar-refractivity contribution is 6.12. The van der Waals surface area contributed by atoms with Crippen LogP contribution in [0.2, 0.25) is 0 Å². The smallest absolute Gasteiger partial charge is 0.258 e. The average molecular weight is 405 g/mol. The van der Waals surface area contributed by atoms with E-state index in [-0.39, 0.29) is 5.91 Å². The summed E-state index contributed by atoms with van der Waals surface area (Å²) in [6, 6.07) is 22.0. The number of fused-ring (bicyclic) bond motifs is 1. The number of anilines is 1. The highest BCUT2D eigenvalue weighted by Gasteiger charge is 2.16. The number of carbonyl (C=O) groups is 1. The number of aromatic amines is 1. The standard InChI is InChI=1S/C24H15N5O2/c25-13-15-5-3-6-16(11-15)20-12-18(17-7-1-2-8-19(17)27-20)23(30)29-24-26-14-21(28-24)22-9-4-10-31-22/h1-12,14H,(H2,26,28,29,30). The average Bonchev–Trinajstić information content (AvgIpc) is 3.50. The van der Waals surface area contributed by atoms with Gasteiger partial charge in [0.25, 0.3) is 5.91 Å². The van der Waals surface area contributed by atoms with Crippen molar-refractivity contribution in [2.45, 2.75) is 0 Å². The molecule has 3 heterocycles. The fourth-order valence-corrected chi connectivity index (χ4v) is 3.38. The monoisotopic (exact) mass is 405 g/mol. The molecule has 0 saturated heterocycles. The third-order valence-electron chi connectivity index (χ3n) is 4.84. The predicted molar refractivity (Wildman–Crippen MR) is 116 cm³/mol. The van der Waals surface area contributed by atoms with E-state index in [2.05, 4.69) is 26.3 Å². The molecule has 0 unspecified atom stereocenters. The number of hydrogen-bond acceptors (Lipinski definition) is 5. The maximum absolute atomic E-state index is 13.2. The van der Waals surface area contributed by atoms with Gasteiger partial charge in [-0.25, -0.2) is 9.97 Å². The molecule has 0 atom stereocenters. The molecule has 7 nitrogen and oxygen atoms in total. The van der Waals surface area contributed by atoms with Gasteiger partial charge in [0.1, 0.15) is 5.69 Å². The van der Waals surface area contributed by atoms with Gasteiger partial charge in [-0.05, 0) is 36.4 Å². The second kappa shape index (κ2) is 7.61. The second-order valence-corrected chi connectivity index (χ2v) is 6.84. The quantitative estimate of drug-likeness (QED) is 0.437. The Morgan fingerprint density at radius 2 is 1.97 bits per heavy atom. The van der Waals surface area contributed by atoms with Crippen molar-refractivity contribution in [3.63, 3.8) is 0 Å². The van der Waals surface area contributed by atoms with Crippen LogP contribution in [0.3, 0.4) is 0 Å². The lowest BCUT2D eigenvalue weighted by Gasteiger charge is -2.10. The summed E-state index contributed by atoms with van der Waals surface area (Å²) in [7, 11) is 0. The molecule has 0 aliphatic heterocycles. The fraction of sp³-hybridized carbons (Fsp3) is 0. The van der Waals surface area contributed by atoms with Gasteiger partial charge in [0.2, 0.25) is 5.95 Å². The van der Waals surface area contributed by atoms with Gasteiger partial charge in [0.15, 0.2) is 5.76 Å². The first kappa shape index (κ1) is 18.3. The number of hydrogen-bond donors (Lipinski definition) is 2. The van der Waals surface area contributed by atoms with Crippen LogP contribution in [0.4, 0.5) is 5.95 Å². The number of nitriles is 1. The lowest BCUT2D eigenvalue weighted by molar-refractivity contribution is 0.102. The van der Waals surface area contributed by atoms with E-state index in [0.29, 0.717) is 39.7 Å². The summed E-state index contributed by atoms with van der Waals surface area (Å²) in [5.41, 5.74) is 3.70. The van der Waals surface area contributed by atoms with Crippen LogP contribution in [0, 0.1) is 11.3 Å². The first-order chi connectivity index (χ1) is 15.2. The summed E-state index contributed by atoms with van der Waals surface area (Å²) >= 11 is 0. The Hall–Kier alpha value is -4.70. The molecule has 7 heteroatoms. The van der Waals surface area contributed by atoms with Crippen molar-refractivity contribution < 1.29 is 9.21 Å². The molecule has 0 radical (unpaired) electrons. The minimum absolute atomic E-state index is 0.310. The normalized spacial score (nSPS) is 10.7. The van der Waals surface area contributed by atoms with Crippen LogP contribution in [0.1, 0.15) is 15.9 Å². The number of H-pyrrole nitrogens is 1. The molecule has 2 N–H and O–H groups in total. The summed E-state index contributed by atoms with van der Waals surface area (Å²) in [6.45, 7) is 0. The van der Waals surface area contributed by atoms with E-state index in [1.807, 2.05) is 30.3 Å². The number of nitrogens with one attached hydrogen (secondary N) is 2. The molecule has 3 aromatic heterocycles. The molecule has 0 fully saturated rings. The molecule has 148 valence electrons. The first-order valence-electron chi connectivity index (χ1n) is 9.52. The zero-order valence-electron chi connectivity index (χ0n) is 16.2. The van der Waals surface area contributed by atoms with Gasteiger partial charge in [0.05, 0.1) is 40.9 Å². The van der Waals surface area contributed by atoms with Crippen LogP contribution >= 0.6 is 0 Å². The molecule has 31 heavy (non-hydrogen) atoms.